The summed E-state index contributed by atoms with van der Waals surface area (Å²) in [5, 5.41) is 0. The minimum atomic E-state index is -0.826. The molecule has 0 spiro atoms. The predicted octanol–water partition coefficient (Wildman–Crippen LogP) is 6.83. The van der Waals surface area contributed by atoms with Gasteiger partial charge in [0.1, 0.15) is 0 Å². The summed E-state index contributed by atoms with van der Waals surface area (Å²) in [5.74, 6) is -0.629. The zero-order valence-corrected chi connectivity index (χ0v) is 21.0. The smallest absolute Gasteiger partial charge is 0.0796 e. The Morgan fingerprint density at radius 1 is 0.964 bits per heavy atom. The van der Waals surface area contributed by atoms with Gasteiger partial charge in [-0.05, 0) is 12.0 Å². The Hall–Kier alpha value is -1.19. The van der Waals surface area contributed by atoms with E-state index in [1.54, 1.807) is 24.3 Å². The Morgan fingerprint density at radius 3 is 2.07 bits per heavy atom. The Kier molecular flexibility index (Phi) is 13.1. The van der Waals surface area contributed by atoms with Crippen molar-refractivity contribution in [2.24, 2.45) is 0 Å². The van der Waals surface area contributed by atoms with Crippen LogP contribution in [0.5, 0.6) is 0 Å². The summed E-state index contributed by atoms with van der Waals surface area (Å²) in [7, 11) is 10.6. The number of amides is 1. The molecule has 1 amide bonds. The number of hydrogen-bond acceptors (Lipinski definition) is 1. The zero-order chi connectivity index (χ0) is 20.8. The third-order valence-electron chi connectivity index (χ3n) is 3.65. The zero-order valence-electron chi connectivity index (χ0n) is 15.9. The molecule has 1 aliphatic rings. The van der Waals surface area contributed by atoms with Gasteiger partial charge in [0, 0.05) is 9.52 Å². The molecule has 6 heteroatoms. The first-order valence-electron chi connectivity index (χ1n) is 8.68. The summed E-state index contributed by atoms with van der Waals surface area (Å²) in [6.07, 6.45) is 1.05. The van der Waals surface area contributed by atoms with E-state index in [9.17, 15) is 4.79 Å². The predicted molar refractivity (Wildman–Crippen MR) is 119 cm³/mol. The second kappa shape index (κ2) is 14.8. The molecule has 4 rings (SSSR count). The number of rotatable bonds is 1. The van der Waals surface area contributed by atoms with Crippen LogP contribution in [-0.2, 0) is 27.3 Å². The van der Waals surface area contributed by atoms with E-state index in [0.717, 1.165) is 15.9 Å². The molecule has 0 aromatic heterocycles. The fraction of sp³-hybridized carbons (Fsp3) is 0.136. The van der Waals surface area contributed by atoms with Crippen LogP contribution >= 0.6 is 17.0 Å². The molecule has 0 atom stereocenters. The standard InChI is InChI=1S/C13H9.C7H7NO.C2H7Si.2ClH.Zr/c1-3-7-12-10(5-1)9-11-6-2-4-8-13(11)12;8-7(9)6-4-2-1-3-5-6;1-3-2;;;/h1-5,7-8H,9H2;1-5H,(H2,8,9);3H,1-2H3;2*1H;/q-1;;;;;+4/p-3. The van der Waals surface area contributed by atoms with Gasteiger partial charge in [-0.1, -0.05) is 78.8 Å². The van der Waals surface area contributed by atoms with Crippen LogP contribution in [0.4, 0.5) is 0 Å². The molecule has 0 fully saturated rings. The molecule has 0 bridgehead atoms. The first-order chi connectivity index (χ1) is 13.6. The van der Waals surface area contributed by atoms with Crippen LogP contribution < -0.4 is 0 Å². The second-order valence-electron chi connectivity index (χ2n) is 5.74. The van der Waals surface area contributed by atoms with Gasteiger partial charge < -0.3 is 10.5 Å². The molecule has 1 N–H and O–H groups in total. The molecule has 2 nitrogen and oxygen atoms in total. The number of nitrogens with one attached hydrogen (secondary N) is 1. The molecule has 0 unspecified atom stereocenters. The van der Waals surface area contributed by atoms with Gasteiger partial charge in [0.05, 0.1) is 5.91 Å². The van der Waals surface area contributed by atoms with Crippen molar-refractivity contribution in [1.29, 1.82) is 0 Å². The fourth-order valence-electron chi connectivity index (χ4n) is 2.59. The SMILES string of the molecule is C[SiH]C.[Cl][Zr+2][Cl].[NH-]C(=O)c1ccccc1.[c-]1cccc2c1Cc1ccccc1-2. The Bertz CT molecular complexity index is 801. The average Bonchev–Trinajstić information content (AvgIpc) is 3.09. The normalized spacial score (nSPS) is 9.57. The maximum atomic E-state index is 10.3. The van der Waals surface area contributed by atoms with Crippen molar-refractivity contribution in [3.63, 3.8) is 0 Å². The van der Waals surface area contributed by atoms with Crippen LogP contribution in [-0.4, -0.2) is 15.4 Å². The van der Waals surface area contributed by atoms with Gasteiger partial charge in [-0.2, -0.15) is 29.8 Å². The number of fused-ring (bicyclic) bond motifs is 3. The molecular formula is C22H22Cl2NOSiZr. The van der Waals surface area contributed by atoms with E-state index in [-0.39, 0.29) is 0 Å². The quantitative estimate of drug-likeness (QED) is 0.206. The van der Waals surface area contributed by atoms with Crippen molar-refractivity contribution in [3.05, 3.63) is 101 Å². The van der Waals surface area contributed by atoms with E-state index in [1.807, 2.05) is 12.1 Å². The van der Waals surface area contributed by atoms with E-state index in [4.69, 9.17) is 22.8 Å². The van der Waals surface area contributed by atoms with Crippen molar-refractivity contribution >= 4 is 32.5 Å². The van der Waals surface area contributed by atoms with Gasteiger partial charge in [-0.3, -0.25) is 0 Å². The van der Waals surface area contributed by atoms with E-state index in [1.165, 1.54) is 22.3 Å². The van der Waals surface area contributed by atoms with Crippen LogP contribution in [0.3, 0.4) is 0 Å². The molecule has 0 saturated carbocycles. The van der Waals surface area contributed by atoms with Crippen LogP contribution in [0.1, 0.15) is 21.5 Å². The summed E-state index contributed by atoms with van der Waals surface area (Å²) >= 11 is -0.826. The maximum Gasteiger partial charge on any atom is 0.0796 e. The summed E-state index contributed by atoms with van der Waals surface area (Å²) < 4.78 is 0. The van der Waals surface area contributed by atoms with Crippen LogP contribution in [0.15, 0.2) is 72.8 Å². The molecule has 143 valence electrons. The number of benzene rings is 3. The monoisotopic (exact) mass is 504 g/mol. The van der Waals surface area contributed by atoms with Crippen LogP contribution in [0, 0.1) is 6.07 Å². The van der Waals surface area contributed by atoms with Gasteiger partial charge in [-0.15, -0.1) is 5.56 Å². The molecule has 28 heavy (non-hydrogen) atoms. The number of hydrogen-bond donors (Lipinski definition) is 0. The maximum absolute atomic E-state index is 10.3. The third kappa shape index (κ3) is 8.45. The molecule has 0 heterocycles. The van der Waals surface area contributed by atoms with Crippen LogP contribution in [0.25, 0.3) is 16.9 Å². The summed E-state index contributed by atoms with van der Waals surface area (Å²) in [5.41, 5.74) is 12.6. The second-order valence-corrected chi connectivity index (χ2v) is 10.6. The van der Waals surface area contributed by atoms with E-state index < -0.39 is 26.8 Å². The average molecular weight is 507 g/mol. The molecule has 1 radical (unpaired) electrons. The Labute approximate surface area is 188 Å². The minimum absolute atomic E-state index is 0.442. The fourth-order valence-corrected chi connectivity index (χ4v) is 2.59. The molecule has 3 aromatic carbocycles. The summed E-state index contributed by atoms with van der Waals surface area (Å²) in [6.45, 7) is 4.42. The summed E-state index contributed by atoms with van der Waals surface area (Å²) in [4.78, 5) is 10.3. The Morgan fingerprint density at radius 2 is 1.50 bits per heavy atom. The number of carbonyl (C=O) groups is 1. The van der Waals surface area contributed by atoms with Gasteiger partial charge in [0.25, 0.3) is 0 Å². The first-order valence-corrected chi connectivity index (χ1v) is 17.3. The third-order valence-corrected chi connectivity index (χ3v) is 3.65. The molecule has 1 aliphatic carbocycles. The molecule has 0 saturated heterocycles. The molecule has 3 aromatic rings. The van der Waals surface area contributed by atoms with Crippen molar-refractivity contribution in [2.45, 2.75) is 19.5 Å². The van der Waals surface area contributed by atoms with Gasteiger partial charge >= 0.3 is 37.9 Å². The van der Waals surface area contributed by atoms with Crippen LogP contribution in [0.2, 0.25) is 13.1 Å². The van der Waals surface area contributed by atoms with Gasteiger partial charge in [0.2, 0.25) is 0 Å². The van der Waals surface area contributed by atoms with E-state index >= 15 is 0 Å². The van der Waals surface area contributed by atoms with E-state index in [0.29, 0.717) is 5.56 Å². The number of halogens is 2. The first kappa shape index (κ1) is 24.8. The Balaban J connectivity index is 0.000000229. The topological polar surface area (TPSA) is 40.9 Å². The summed E-state index contributed by atoms with van der Waals surface area (Å²) in [6, 6.07) is 26.6. The van der Waals surface area contributed by atoms with Gasteiger partial charge in [0.15, 0.2) is 0 Å². The number of carbonyl (C=O) groups excluding carboxylic acids is 1. The van der Waals surface area contributed by atoms with E-state index in [2.05, 4.69) is 55.6 Å². The largest absolute Gasteiger partial charge is 0.664 e. The molecular weight excluding hydrogens is 484 g/mol. The molecule has 0 aliphatic heterocycles. The van der Waals surface area contributed by atoms with Crippen molar-refractivity contribution in [2.75, 3.05) is 0 Å². The van der Waals surface area contributed by atoms with Crippen molar-refractivity contribution < 1.29 is 25.6 Å². The minimum Gasteiger partial charge on any atom is -0.664 e. The van der Waals surface area contributed by atoms with Crippen molar-refractivity contribution in [3.8, 4) is 11.1 Å². The van der Waals surface area contributed by atoms with Gasteiger partial charge in [-0.25, -0.2) is 0 Å². The van der Waals surface area contributed by atoms with Crippen molar-refractivity contribution in [1.82, 2.24) is 0 Å².